The lowest BCUT2D eigenvalue weighted by atomic mass is 9.69. The molecule has 1 saturated carbocycles. The molecule has 0 spiro atoms. The molecule has 3 heteroatoms. The summed E-state index contributed by atoms with van der Waals surface area (Å²) < 4.78 is 5.40. The Labute approximate surface area is 132 Å². The smallest absolute Gasteiger partial charge is 0.0615 e. The van der Waals surface area contributed by atoms with Crippen LogP contribution in [0.15, 0.2) is 0 Å². The number of likely N-dealkylation sites (N-methyl/N-ethyl adjacent to an activating group) is 2. The molecule has 0 aromatic carbocycles. The van der Waals surface area contributed by atoms with Crippen molar-refractivity contribution in [1.29, 1.82) is 0 Å². The summed E-state index contributed by atoms with van der Waals surface area (Å²) >= 11 is 0. The van der Waals surface area contributed by atoms with Crippen LogP contribution in [-0.2, 0) is 4.74 Å². The zero-order valence-electron chi connectivity index (χ0n) is 15.4. The van der Waals surface area contributed by atoms with Gasteiger partial charge in [0.25, 0.3) is 0 Å². The summed E-state index contributed by atoms with van der Waals surface area (Å²) in [4.78, 5) is 2.66. The summed E-state index contributed by atoms with van der Waals surface area (Å²) in [6.45, 7) is 17.0. The topological polar surface area (TPSA) is 24.5 Å². The van der Waals surface area contributed by atoms with Gasteiger partial charge in [0, 0.05) is 25.2 Å². The van der Waals surface area contributed by atoms with Gasteiger partial charge in [0.15, 0.2) is 0 Å². The fourth-order valence-electron chi connectivity index (χ4n) is 4.01. The third kappa shape index (κ3) is 5.22. The van der Waals surface area contributed by atoms with Gasteiger partial charge in [-0.05, 0) is 50.6 Å². The van der Waals surface area contributed by atoms with Gasteiger partial charge >= 0.3 is 0 Å². The van der Waals surface area contributed by atoms with Gasteiger partial charge in [0.2, 0.25) is 0 Å². The van der Waals surface area contributed by atoms with Crippen molar-refractivity contribution in [3.8, 4) is 0 Å². The van der Waals surface area contributed by atoms with Crippen molar-refractivity contribution >= 4 is 0 Å². The van der Waals surface area contributed by atoms with E-state index in [1.807, 2.05) is 7.11 Å². The predicted octanol–water partition coefficient (Wildman–Crippen LogP) is 3.54. The van der Waals surface area contributed by atoms with E-state index < -0.39 is 0 Å². The molecule has 4 atom stereocenters. The van der Waals surface area contributed by atoms with Gasteiger partial charge in [-0.1, -0.05) is 34.6 Å². The maximum absolute atomic E-state index is 5.40. The molecule has 1 aliphatic rings. The molecule has 0 aromatic heterocycles. The minimum absolute atomic E-state index is 0.416. The second-order valence-corrected chi connectivity index (χ2v) is 7.74. The maximum atomic E-state index is 5.40. The molecule has 0 bridgehead atoms. The van der Waals surface area contributed by atoms with Crippen molar-refractivity contribution in [2.45, 2.75) is 78.9 Å². The molecular weight excluding hydrogens is 260 g/mol. The van der Waals surface area contributed by atoms with E-state index in [-0.39, 0.29) is 0 Å². The van der Waals surface area contributed by atoms with Crippen LogP contribution >= 0.6 is 0 Å². The summed E-state index contributed by atoms with van der Waals surface area (Å²) in [7, 11) is 1.81. The monoisotopic (exact) mass is 298 g/mol. The Bertz CT molecular complexity index is 287. The first-order valence-electron chi connectivity index (χ1n) is 8.83. The summed E-state index contributed by atoms with van der Waals surface area (Å²) in [5.74, 6) is 0.821. The first-order valence-corrected chi connectivity index (χ1v) is 8.83. The van der Waals surface area contributed by atoms with Crippen molar-refractivity contribution in [3.63, 3.8) is 0 Å². The molecule has 0 saturated heterocycles. The molecule has 1 N–H and O–H groups in total. The molecule has 0 aromatic rings. The summed E-state index contributed by atoms with van der Waals surface area (Å²) in [6.07, 6.45) is 3.97. The Kier molecular flexibility index (Phi) is 7.66. The SMILES string of the molecule is CCNC1CCC(C(C)(C)C)CC1N(CC)C(C)COC. The quantitative estimate of drug-likeness (QED) is 0.778. The van der Waals surface area contributed by atoms with Gasteiger partial charge in [0.05, 0.1) is 6.61 Å². The molecule has 1 rings (SSSR count). The highest BCUT2D eigenvalue weighted by molar-refractivity contribution is 4.95. The van der Waals surface area contributed by atoms with Gasteiger partial charge in [-0.15, -0.1) is 0 Å². The highest BCUT2D eigenvalue weighted by atomic mass is 16.5. The molecule has 3 nitrogen and oxygen atoms in total. The van der Waals surface area contributed by atoms with E-state index in [4.69, 9.17) is 4.74 Å². The van der Waals surface area contributed by atoms with E-state index in [1.54, 1.807) is 0 Å². The fourth-order valence-corrected chi connectivity index (χ4v) is 4.01. The lowest BCUT2D eigenvalue weighted by Gasteiger charge is -2.48. The van der Waals surface area contributed by atoms with Crippen molar-refractivity contribution < 1.29 is 4.74 Å². The maximum Gasteiger partial charge on any atom is 0.0615 e. The van der Waals surface area contributed by atoms with Crippen LogP contribution in [0.3, 0.4) is 0 Å². The van der Waals surface area contributed by atoms with Gasteiger partial charge < -0.3 is 10.1 Å². The first kappa shape index (κ1) is 18.9. The van der Waals surface area contributed by atoms with Crippen LogP contribution in [0.25, 0.3) is 0 Å². The summed E-state index contributed by atoms with van der Waals surface area (Å²) in [5, 5.41) is 3.74. The Morgan fingerprint density at radius 1 is 1.24 bits per heavy atom. The Morgan fingerprint density at radius 2 is 1.90 bits per heavy atom. The fraction of sp³-hybridized carbons (Fsp3) is 1.00. The molecule has 0 aliphatic heterocycles. The minimum Gasteiger partial charge on any atom is -0.383 e. The molecule has 1 aliphatic carbocycles. The van der Waals surface area contributed by atoms with Crippen molar-refractivity contribution in [2.24, 2.45) is 11.3 Å². The van der Waals surface area contributed by atoms with Crippen LogP contribution in [-0.4, -0.2) is 49.8 Å². The third-order valence-electron chi connectivity index (χ3n) is 5.27. The number of methoxy groups -OCH3 is 1. The van der Waals surface area contributed by atoms with E-state index in [9.17, 15) is 0 Å². The number of nitrogens with one attached hydrogen (secondary N) is 1. The molecular formula is C18H38N2O. The van der Waals surface area contributed by atoms with Gasteiger partial charge in [-0.2, -0.15) is 0 Å². The second kappa shape index (κ2) is 8.50. The molecule has 126 valence electrons. The zero-order valence-corrected chi connectivity index (χ0v) is 15.4. The van der Waals surface area contributed by atoms with Crippen LogP contribution < -0.4 is 5.32 Å². The number of hydrogen-bond acceptors (Lipinski definition) is 3. The average molecular weight is 299 g/mol. The van der Waals surface area contributed by atoms with Gasteiger partial charge in [-0.25, -0.2) is 0 Å². The van der Waals surface area contributed by atoms with Crippen LogP contribution in [0.1, 0.15) is 60.8 Å². The Morgan fingerprint density at radius 3 is 2.38 bits per heavy atom. The van der Waals surface area contributed by atoms with Crippen LogP contribution in [0.5, 0.6) is 0 Å². The van der Waals surface area contributed by atoms with Crippen molar-refractivity contribution in [3.05, 3.63) is 0 Å². The zero-order chi connectivity index (χ0) is 16.0. The van der Waals surface area contributed by atoms with E-state index in [0.29, 0.717) is 23.5 Å². The van der Waals surface area contributed by atoms with Gasteiger partial charge in [-0.3, -0.25) is 4.90 Å². The highest BCUT2D eigenvalue weighted by Gasteiger charge is 2.38. The Hall–Kier alpha value is -0.120. The first-order chi connectivity index (χ1) is 9.85. The van der Waals surface area contributed by atoms with E-state index in [0.717, 1.165) is 25.6 Å². The lowest BCUT2D eigenvalue weighted by molar-refractivity contribution is 0.0156. The van der Waals surface area contributed by atoms with Crippen LogP contribution in [0.2, 0.25) is 0 Å². The standard InChI is InChI=1S/C18H38N2O/c1-8-19-16-11-10-15(18(4,5)6)12-17(16)20(9-2)14(3)13-21-7/h14-17,19H,8-13H2,1-7H3. The number of rotatable bonds is 7. The number of ether oxygens (including phenoxy) is 1. The van der Waals surface area contributed by atoms with Crippen LogP contribution in [0.4, 0.5) is 0 Å². The van der Waals surface area contributed by atoms with E-state index >= 15 is 0 Å². The van der Waals surface area contributed by atoms with Crippen molar-refractivity contribution in [1.82, 2.24) is 10.2 Å². The summed E-state index contributed by atoms with van der Waals surface area (Å²) in [5.41, 5.74) is 0.416. The molecule has 1 fully saturated rings. The average Bonchev–Trinajstić information content (AvgIpc) is 2.40. The molecule has 4 unspecified atom stereocenters. The van der Waals surface area contributed by atoms with Crippen LogP contribution in [0, 0.1) is 11.3 Å². The lowest BCUT2D eigenvalue weighted by Crippen LogP contribution is -2.57. The second-order valence-electron chi connectivity index (χ2n) is 7.74. The van der Waals surface area contributed by atoms with E-state index in [2.05, 4.69) is 51.8 Å². The minimum atomic E-state index is 0.416. The van der Waals surface area contributed by atoms with E-state index in [1.165, 1.54) is 19.3 Å². The Balaban J connectivity index is 2.86. The number of hydrogen-bond donors (Lipinski definition) is 1. The molecule has 21 heavy (non-hydrogen) atoms. The highest BCUT2D eigenvalue weighted by Crippen LogP contribution is 2.39. The molecule has 0 heterocycles. The normalized spacial score (nSPS) is 28.9. The number of nitrogens with zero attached hydrogens (tertiary/aromatic N) is 1. The predicted molar refractivity (Wildman–Crippen MR) is 91.8 cm³/mol. The van der Waals surface area contributed by atoms with Gasteiger partial charge in [0.1, 0.15) is 0 Å². The molecule has 0 amide bonds. The van der Waals surface area contributed by atoms with Crippen molar-refractivity contribution in [2.75, 3.05) is 26.8 Å². The summed E-state index contributed by atoms with van der Waals surface area (Å²) in [6, 6.07) is 1.76. The molecule has 0 radical (unpaired) electrons. The largest absolute Gasteiger partial charge is 0.383 e. The third-order valence-corrected chi connectivity index (χ3v) is 5.27.